The summed E-state index contributed by atoms with van der Waals surface area (Å²) in [4.78, 5) is 2.82. The molecule has 0 spiro atoms. The van der Waals surface area contributed by atoms with Crippen molar-refractivity contribution in [3.05, 3.63) is 55.8 Å². The van der Waals surface area contributed by atoms with E-state index >= 15 is 0 Å². The summed E-state index contributed by atoms with van der Waals surface area (Å²) in [5.74, 6) is 0. The molecule has 2 heteroatoms. The number of benzene rings is 1. The Hall–Kier alpha value is -1.12. The van der Waals surface area contributed by atoms with Crippen LogP contribution in [0.3, 0.4) is 0 Å². The van der Waals surface area contributed by atoms with E-state index in [2.05, 4.69) is 58.1 Å². The molecule has 1 nitrogen and oxygen atoms in total. The van der Waals surface area contributed by atoms with E-state index in [4.69, 9.17) is 0 Å². The fourth-order valence-corrected chi connectivity index (χ4v) is 3.98. The highest BCUT2D eigenvalue weighted by molar-refractivity contribution is 7.12. The van der Waals surface area contributed by atoms with E-state index in [0.29, 0.717) is 6.04 Å². The molecule has 1 unspecified atom stereocenters. The lowest BCUT2D eigenvalue weighted by Gasteiger charge is -2.21. The minimum atomic E-state index is 0.304. The molecule has 1 aromatic heterocycles. The lowest BCUT2D eigenvalue weighted by molar-refractivity contribution is 0.694. The fourth-order valence-electron chi connectivity index (χ4n) is 2.82. The first-order valence-corrected chi connectivity index (χ1v) is 7.57. The second-order valence-electron chi connectivity index (χ2n) is 5.42. The first kappa shape index (κ1) is 14.3. The third-order valence-corrected chi connectivity index (χ3v) is 5.00. The van der Waals surface area contributed by atoms with Crippen molar-refractivity contribution < 1.29 is 0 Å². The molecule has 0 saturated heterocycles. The van der Waals surface area contributed by atoms with Gasteiger partial charge in [0.15, 0.2) is 0 Å². The molecule has 1 N–H and O–H groups in total. The highest BCUT2D eigenvalue weighted by atomic mass is 32.1. The highest BCUT2D eigenvalue weighted by Crippen LogP contribution is 2.34. The van der Waals surface area contributed by atoms with Crippen molar-refractivity contribution in [2.24, 2.45) is 0 Å². The van der Waals surface area contributed by atoms with Crippen LogP contribution in [0.15, 0.2) is 18.2 Å². The van der Waals surface area contributed by atoms with Crippen molar-refractivity contribution in [1.29, 1.82) is 0 Å². The van der Waals surface area contributed by atoms with Crippen LogP contribution < -0.4 is 5.32 Å². The number of aryl methyl sites for hydroxylation is 5. The average Bonchev–Trinajstić information content (AvgIpc) is 2.63. The maximum absolute atomic E-state index is 3.49. The lowest BCUT2D eigenvalue weighted by Crippen LogP contribution is -2.19. The number of rotatable bonds is 3. The Balaban J connectivity index is 2.54. The zero-order valence-corrected chi connectivity index (χ0v) is 13.5. The van der Waals surface area contributed by atoms with Gasteiger partial charge < -0.3 is 5.32 Å². The fraction of sp³-hybridized carbons (Fsp3) is 0.412. The Morgan fingerprint density at radius 2 is 1.47 bits per heavy atom. The topological polar surface area (TPSA) is 12.0 Å². The molecule has 2 rings (SSSR count). The third-order valence-electron chi connectivity index (χ3n) is 3.78. The Morgan fingerprint density at radius 1 is 0.895 bits per heavy atom. The number of thiophene rings is 1. The van der Waals surface area contributed by atoms with E-state index in [1.807, 2.05) is 18.4 Å². The van der Waals surface area contributed by atoms with Gasteiger partial charge in [0.25, 0.3) is 0 Å². The van der Waals surface area contributed by atoms with E-state index in [9.17, 15) is 0 Å². The molecule has 0 fully saturated rings. The van der Waals surface area contributed by atoms with E-state index in [0.717, 1.165) is 0 Å². The van der Waals surface area contributed by atoms with Crippen molar-refractivity contribution in [2.75, 3.05) is 7.05 Å². The molecule has 0 saturated carbocycles. The molecule has 2 aromatic rings. The first-order valence-electron chi connectivity index (χ1n) is 6.76. The summed E-state index contributed by atoms with van der Waals surface area (Å²) >= 11 is 1.90. The quantitative estimate of drug-likeness (QED) is 0.862. The van der Waals surface area contributed by atoms with Crippen molar-refractivity contribution in [3.8, 4) is 0 Å². The molecule has 1 atom stereocenters. The molecule has 102 valence electrons. The standard InChI is InChI=1S/C17H23NS/c1-10-7-12(3)16(13(4)8-10)17(18-6)15-9-11(2)14(5)19-15/h7-9,17-18H,1-6H3. The van der Waals surface area contributed by atoms with Crippen molar-refractivity contribution in [2.45, 2.75) is 40.7 Å². The molecule has 0 radical (unpaired) electrons. The number of nitrogens with one attached hydrogen (secondary N) is 1. The Labute approximate surface area is 120 Å². The zero-order valence-electron chi connectivity index (χ0n) is 12.7. The van der Waals surface area contributed by atoms with Crippen LogP contribution in [0.4, 0.5) is 0 Å². The first-order chi connectivity index (χ1) is 8.93. The molecule has 0 aliphatic heterocycles. The van der Waals surface area contributed by atoms with E-state index in [1.165, 1.54) is 37.6 Å². The van der Waals surface area contributed by atoms with Gasteiger partial charge >= 0.3 is 0 Å². The Kier molecular flexibility index (Phi) is 4.12. The van der Waals surface area contributed by atoms with Crippen molar-refractivity contribution >= 4 is 11.3 Å². The van der Waals surface area contributed by atoms with E-state index < -0.39 is 0 Å². The third kappa shape index (κ3) is 2.75. The van der Waals surface area contributed by atoms with Crippen LogP contribution in [0.2, 0.25) is 0 Å². The summed E-state index contributed by atoms with van der Waals surface area (Å²) in [6.07, 6.45) is 0. The SMILES string of the molecule is CNC(c1cc(C)c(C)s1)c1c(C)cc(C)cc1C. The van der Waals surface area contributed by atoms with Crippen LogP contribution in [0.25, 0.3) is 0 Å². The monoisotopic (exact) mass is 273 g/mol. The van der Waals surface area contributed by atoms with Crippen LogP contribution in [-0.2, 0) is 0 Å². The molecular weight excluding hydrogens is 250 g/mol. The number of hydrogen-bond acceptors (Lipinski definition) is 2. The minimum Gasteiger partial charge on any atom is -0.309 e. The van der Waals surface area contributed by atoms with Crippen LogP contribution in [0.5, 0.6) is 0 Å². The molecule has 0 aliphatic carbocycles. The zero-order chi connectivity index (χ0) is 14.2. The summed E-state index contributed by atoms with van der Waals surface area (Å²) in [5, 5.41) is 3.49. The lowest BCUT2D eigenvalue weighted by atomic mass is 9.93. The summed E-state index contributed by atoms with van der Waals surface area (Å²) in [7, 11) is 2.05. The molecule has 0 amide bonds. The minimum absolute atomic E-state index is 0.304. The molecule has 0 aliphatic rings. The molecular formula is C17H23NS. The van der Waals surface area contributed by atoms with Gasteiger partial charge in [-0.3, -0.25) is 0 Å². The summed E-state index contributed by atoms with van der Waals surface area (Å²) in [5.41, 5.74) is 6.91. The predicted octanol–water partition coefficient (Wildman–Crippen LogP) is 4.60. The van der Waals surface area contributed by atoms with E-state index in [1.54, 1.807) is 0 Å². The Morgan fingerprint density at radius 3 is 1.89 bits per heavy atom. The van der Waals surface area contributed by atoms with Gasteiger partial charge in [-0.1, -0.05) is 17.7 Å². The molecule has 0 bridgehead atoms. The van der Waals surface area contributed by atoms with Crippen molar-refractivity contribution in [3.63, 3.8) is 0 Å². The summed E-state index contributed by atoms with van der Waals surface area (Å²) in [6.45, 7) is 11.0. The second-order valence-corrected chi connectivity index (χ2v) is 6.71. The predicted molar refractivity (Wildman–Crippen MR) is 85.3 cm³/mol. The summed E-state index contributed by atoms with van der Waals surface area (Å²) in [6, 6.07) is 7.18. The Bertz CT molecular complexity index is 553. The maximum atomic E-state index is 3.49. The highest BCUT2D eigenvalue weighted by Gasteiger charge is 2.19. The van der Waals surface area contributed by atoms with Crippen LogP contribution in [-0.4, -0.2) is 7.05 Å². The molecule has 1 aromatic carbocycles. The number of hydrogen-bond donors (Lipinski definition) is 1. The summed E-state index contributed by atoms with van der Waals surface area (Å²) < 4.78 is 0. The van der Waals surface area contributed by atoms with Crippen LogP contribution in [0.1, 0.15) is 43.6 Å². The normalized spacial score (nSPS) is 12.7. The maximum Gasteiger partial charge on any atom is 0.0673 e. The van der Waals surface area contributed by atoms with Gasteiger partial charge in [-0.25, -0.2) is 0 Å². The molecule has 1 heterocycles. The van der Waals surface area contributed by atoms with Crippen LogP contribution >= 0.6 is 11.3 Å². The largest absolute Gasteiger partial charge is 0.309 e. The van der Waals surface area contributed by atoms with Crippen molar-refractivity contribution in [1.82, 2.24) is 5.32 Å². The molecule has 19 heavy (non-hydrogen) atoms. The smallest absolute Gasteiger partial charge is 0.0673 e. The van der Waals surface area contributed by atoms with Gasteiger partial charge in [-0.15, -0.1) is 11.3 Å². The second kappa shape index (κ2) is 5.48. The van der Waals surface area contributed by atoms with E-state index in [-0.39, 0.29) is 0 Å². The van der Waals surface area contributed by atoms with Gasteiger partial charge in [0.2, 0.25) is 0 Å². The van der Waals surface area contributed by atoms with Crippen LogP contribution in [0, 0.1) is 34.6 Å². The van der Waals surface area contributed by atoms with Gasteiger partial charge in [-0.05, 0) is 70.0 Å². The van der Waals surface area contributed by atoms with Gasteiger partial charge in [-0.2, -0.15) is 0 Å². The average molecular weight is 273 g/mol. The van der Waals surface area contributed by atoms with Gasteiger partial charge in [0, 0.05) is 9.75 Å². The van der Waals surface area contributed by atoms with Gasteiger partial charge in [0.1, 0.15) is 0 Å². The van der Waals surface area contributed by atoms with Gasteiger partial charge in [0.05, 0.1) is 6.04 Å².